The van der Waals surface area contributed by atoms with Gasteiger partial charge in [0.1, 0.15) is 5.75 Å². The molecule has 1 N–H and O–H groups in total. The monoisotopic (exact) mass is 587 g/mol. The van der Waals surface area contributed by atoms with Crippen LogP contribution >= 0.6 is 47.8 Å². The average Bonchev–Trinajstić information content (AvgIpc) is 2.67. The molecule has 0 saturated carbocycles. The Bertz CT molecular complexity index is 813. The highest BCUT2D eigenvalue weighted by molar-refractivity contribution is 9.11. The summed E-state index contributed by atoms with van der Waals surface area (Å²) in [6.07, 6.45) is 3.85. The summed E-state index contributed by atoms with van der Waals surface area (Å²) in [5, 5.41) is 4.01. The van der Waals surface area contributed by atoms with E-state index in [4.69, 9.17) is 4.74 Å². The Kier molecular flexibility index (Phi) is 10.2. The van der Waals surface area contributed by atoms with Gasteiger partial charge in [-0.05, 0) is 74.5 Å². The second-order valence-corrected chi connectivity index (χ2v) is 8.98. The fourth-order valence-electron chi connectivity index (χ4n) is 2.70. The first-order valence-corrected chi connectivity index (χ1v) is 11.8. The van der Waals surface area contributed by atoms with Gasteiger partial charge < -0.3 is 9.64 Å². The second kappa shape index (κ2) is 12.3. The van der Waals surface area contributed by atoms with E-state index >= 15 is 0 Å². The zero-order chi connectivity index (χ0) is 21.2. The van der Waals surface area contributed by atoms with Gasteiger partial charge in [0.25, 0.3) is 5.91 Å². The summed E-state index contributed by atoms with van der Waals surface area (Å²) >= 11 is 10.2. The Morgan fingerprint density at radius 3 is 2.21 bits per heavy atom. The minimum Gasteiger partial charge on any atom is -0.481 e. The van der Waals surface area contributed by atoms with Crippen LogP contribution in [0.15, 0.2) is 54.9 Å². The quantitative estimate of drug-likeness (QED) is 0.268. The molecule has 0 atom stereocenters. The number of nitrogens with zero attached hydrogens (tertiary/aromatic N) is 2. The van der Waals surface area contributed by atoms with Crippen LogP contribution in [0, 0.1) is 0 Å². The summed E-state index contributed by atoms with van der Waals surface area (Å²) in [7, 11) is 0. The molecule has 0 aromatic heterocycles. The molecular weight excluding hydrogens is 566 g/mol. The summed E-state index contributed by atoms with van der Waals surface area (Å²) in [6, 6.07) is 11.9. The first kappa shape index (κ1) is 23.9. The Morgan fingerprint density at radius 1 is 1.07 bits per heavy atom. The maximum Gasteiger partial charge on any atom is 0.277 e. The molecule has 0 heterocycles. The zero-order valence-corrected chi connectivity index (χ0v) is 21.2. The number of hydrogen-bond acceptors (Lipinski definition) is 4. The Labute approximate surface area is 197 Å². The van der Waals surface area contributed by atoms with Crippen LogP contribution < -0.4 is 15.1 Å². The predicted molar refractivity (Wildman–Crippen MR) is 130 cm³/mol. The van der Waals surface area contributed by atoms with Gasteiger partial charge in [-0.2, -0.15) is 5.10 Å². The lowest BCUT2D eigenvalue weighted by Gasteiger charge is -2.23. The number of ether oxygens (including phenoxy) is 1. The number of hydrogen-bond donors (Lipinski definition) is 1. The summed E-state index contributed by atoms with van der Waals surface area (Å²) in [4.78, 5) is 14.4. The predicted octanol–water partition coefficient (Wildman–Crippen LogP) is 6.13. The number of nitrogens with one attached hydrogen (secondary N) is 1. The van der Waals surface area contributed by atoms with Gasteiger partial charge in [0.2, 0.25) is 0 Å². The van der Waals surface area contributed by atoms with E-state index in [1.807, 2.05) is 24.3 Å². The smallest absolute Gasteiger partial charge is 0.277 e. The number of rotatable bonds is 10. The second-order valence-electron chi connectivity index (χ2n) is 6.36. The van der Waals surface area contributed by atoms with Gasteiger partial charge >= 0.3 is 0 Å². The van der Waals surface area contributed by atoms with E-state index in [2.05, 4.69) is 89.2 Å². The molecule has 0 fully saturated rings. The van der Waals surface area contributed by atoms with Crippen molar-refractivity contribution in [3.8, 4) is 5.75 Å². The number of benzene rings is 2. The molecule has 2 rings (SSSR count). The maximum atomic E-state index is 12.0. The van der Waals surface area contributed by atoms with E-state index in [9.17, 15) is 4.79 Å². The molecule has 0 saturated heterocycles. The molecule has 0 unspecified atom stereocenters. The molecule has 2 aromatic rings. The molecule has 0 spiro atoms. The van der Waals surface area contributed by atoms with Crippen molar-refractivity contribution in [2.24, 2.45) is 5.10 Å². The molecular formula is C21H24Br3N3O2. The minimum atomic E-state index is -0.336. The molecule has 0 radical (unpaired) electrons. The first-order chi connectivity index (χ1) is 13.9. The highest BCUT2D eigenvalue weighted by Crippen LogP contribution is 2.36. The van der Waals surface area contributed by atoms with E-state index < -0.39 is 0 Å². The van der Waals surface area contributed by atoms with Crippen molar-refractivity contribution in [1.82, 2.24) is 5.43 Å². The van der Waals surface area contributed by atoms with Gasteiger partial charge in [0.15, 0.2) is 6.61 Å². The Balaban J connectivity index is 1.87. The molecule has 29 heavy (non-hydrogen) atoms. The number of amides is 1. The minimum absolute atomic E-state index is 0.141. The van der Waals surface area contributed by atoms with E-state index in [0.29, 0.717) is 5.75 Å². The first-order valence-electron chi connectivity index (χ1n) is 9.38. The van der Waals surface area contributed by atoms with Crippen LogP contribution in [-0.4, -0.2) is 31.8 Å². The van der Waals surface area contributed by atoms with Gasteiger partial charge in [-0.15, -0.1) is 0 Å². The third-order valence-electron chi connectivity index (χ3n) is 3.96. The zero-order valence-electron chi connectivity index (χ0n) is 16.4. The topological polar surface area (TPSA) is 53.9 Å². The summed E-state index contributed by atoms with van der Waals surface area (Å²) in [5.74, 6) is 0.225. The van der Waals surface area contributed by atoms with Gasteiger partial charge in [0, 0.05) is 23.2 Å². The lowest BCUT2D eigenvalue weighted by atomic mass is 10.2. The van der Waals surface area contributed by atoms with Crippen LogP contribution in [0.1, 0.15) is 32.3 Å². The lowest BCUT2D eigenvalue weighted by Crippen LogP contribution is -2.25. The van der Waals surface area contributed by atoms with Crippen molar-refractivity contribution in [2.75, 3.05) is 24.6 Å². The van der Waals surface area contributed by atoms with Crippen molar-refractivity contribution in [3.63, 3.8) is 0 Å². The number of carbonyl (C=O) groups excluding carboxylic acids is 1. The van der Waals surface area contributed by atoms with Crippen LogP contribution in [0.3, 0.4) is 0 Å². The van der Waals surface area contributed by atoms with Crippen molar-refractivity contribution >= 4 is 65.6 Å². The summed E-state index contributed by atoms with van der Waals surface area (Å²) in [5.41, 5.74) is 4.61. The number of anilines is 1. The Hall–Kier alpha value is -1.38. The van der Waals surface area contributed by atoms with Crippen LogP contribution in [0.4, 0.5) is 5.69 Å². The van der Waals surface area contributed by atoms with E-state index in [-0.39, 0.29) is 12.5 Å². The van der Waals surface area contributed by atoms with Crippen LogP contribution in [0.5, 0.6) is 5.75 Å². The van der Waals surface area contributed by atoms with Crippen molar-refractivity contribution < 1.29 is 9.53 Å². The molecule has 0 aliphatic carbocycles. The highest BCUT2D eigenvalue weighted by Gasteiger charge is 2.10. The SMILES string of the molecule is CCCN(CCC)c1ccc(/C=N\NC(=O)COc2c(Br)cc(Br)cc2Br)cc1. The van der Waals surface area contributed by atoms with E-state index in [0.717, 1.165) is 44.9 Å². The van der Waals surface area contributed by atoms with Crippen LogP contribution in [0.2, 0.25) is 0 Å². The van der Waals surface area contributed by atoms with Crippen molar-refractivity contribution in [1.29, 1.82) is 0 Å². The van der Waals surface area contributed by atoms with Gasteiger partial charge in [-0.1, -0.05) is 41.9 Å². The number of hydrazone groups is 1. The molecule has 0 aliphatic heterocycles. The summed E-state index contributed by atoms with van der Waals surface area (Å²) in [6.45, 7) is 6.32. The Morgan fingerprint density at radius 2 is 1.66 bits per heavy atom. The third kappa shape index (κ3) is 7.75. The fourth-order valence-corrected chi connectivity index (χ4v) is 5.18. The summed E-state index contributed by atoms with van der Waals surface area (Å²) < 4.78 is 7.96. The normalized spacial score (nSPS) is 10.9. The molecule has 8 heteroatoms. The maximum absolute atomic E-state index is 12.0. The van der Waals surface area contributed by atoms with E-state index in [1.54, 1.807) is 6.21 Å². The van der Waals surface area contributed by atoms with Gasteiger partial charge in [0.05, 0.1) is 15.2 Å². The third-order valence-corrected chi connectivity index (χ3v) is 5.59. The van der Waals surface area contributed by atoms with Gasteiger partial charge in [-0.25, -0.2) is 5.43 Å². The molecule has 1 amide bonds. The van der Waals surface area contributed by atoms with E-state index in [1.165, 1.54) is 5.69 Å². The molecule has 156 valence electrons. The molecule has 0 bridgehead atoms. The average molecular weight is 590 g/mol. The van der Waals surface area contributed by atoms with Crippen LogP contribution in [0.25, 0.3) is 0 Å². The van der Waals surface area contributed by atoms with Gasteiger partial charge in [-0.3, -0.25) is 4.79 Å². The molecule has 0 aliphatic rings. The number of halogens is 3. The van der Waals surface area contributed by atoms with Crippen molar-refractivity contribution in [3.05, 3.63) is 55.4 Å². The largest absolute Gasteiger partial charge is 0.481 e. The molecule has 5 nitrogen and oxygen atoms in total. The lowest BCUT2D eigenvalue weighted by molar-refractivity contribution is -0.123. The standard InChI is InChI=1S/C21H24Br3N3O2/c1-3-9-27(10-4-2)17-7-5-15(6-8-17)13-25-26-20(28)14-29-21-18(23)11-16(22)12-19(21)24/h5-8,11-13H,3-4,9-10,14H2,1-2H3,(H,26,28)/b25-13-. The highest BCUT2D eigenvalue weighted by atomic mass is 79.9. The number of carbonyl (C=O) groups is 1. The fraction of sp³-hybridized carbons (Fsp3) is 0.333. The van der Waals surface area contributed by atoms with Crippen molar-refractivity contribution in [2.45, 2.75) is 26.7 Å². The van der Waals surface area contributed by atoms with Crippen LogP contribution in [-0.2, 0) is 4.79 Å². The molecule has 2 aromatic carbocycles.